The maximum Gasteiger partial charge on any atom is 0.334 e. The molecule has 0 bridgehead atoms. The molecule has 2 heteroatoms. The van der Waals surface area contributed by atoms with E-state index in [0.717, 1.165) is 11.1 Å². The van der Waals surface area contributed by atoms with Gasteiger partial charge in [-0.1, -0.05) is 45.9 Å². The summed E-state index contributed by atoms with van der Waals surface area (Å²) in [6.45, 7) is 10.9. The van der Waals surface area contributed by atoms with Crippen LogP contribution in [-0.2, 0) is 14.9 Å². The molecule has 1 aliphatic carbocycles. The fourth-order valence-corrected chi connectivity index (χ4v) is 2.46. The van der Waals surface area contributed by atoms with Crippen molar-refractivity contribution in [2.24, 2.45) is 0 Å². The fourth-order valence-electron chi connectivity index (χ4n) is 2.46. The molecule has 0 saturated carbocycles. The van der Waals surface area contributed by atoms with Crippen molar-refractivity contribution >= 4 is 12.0 Å². The van der Waals surface area contributed by atoms with E-state index in [4.69, 9.17) is 4.74 Å². The predicted molar refractivity (Wildman–Crippen MR) is 78.2 cm³/mol. The number of carbonyl (C=O) groups excluding carboxylic acids is 1. The van der Waals surface area contributed by atoms with Gasteiger partial charge in [0.15, 0.2) is 0 Å². The predicted octanol–water partition coefficient (Wildman–Crippen LogP) is 4.05. The molecule has 0 N–H and O–H groups in total. The summed E-state index contributed by atoms with van der Waals surface area (Å²) in [7, 11) is 0. The molecule has 2 rings (SSSR count). The zero-order valence-electron chi connectivity index (χ0n) is 12.4. The van der Waals surface area contributed by atoms with Crippen LogP contribution >= 0.6 is 0 Å². The van der Waals surface area contributed by atoms with Crippen molar-refractivity contribution in [2.75, 3.05) is 6.61 Å². The van der Waals surface area contributed by atoms with Gasteiger partial charge in [0, 0.05) is 11.5 Å². The highest BCUT2D eigenvalue weighted by Crippen LogP contribution is 2.38. The van der Waals surface area contributed by atoms with Gasteiger partial charge in [-0.2, -0.15) is 0 Å². The topological polar surface area (TPSA) is 26.3 Å². The molecule has 1 aliphatic rings. The number of hydrogen-bond acceptors (Lipinski definition) is 2. The number of carbonyl (C=O) groups is 1. The van der Waals surface area contributed by atoms with Gasteiger partial charge in [0.1, 0.15) is 0 Å². The molecule has 0 radical (unpaired) electrons. The Balaban J connectivity index is 2.35. The van der Waals surface area contributed by atoms with Crippen LogP contribution in [0.1, 0.15) is 57.2 Å². The lowest BCUT2D eigenvalue weighted by Gasteiger charge is -2.21. The highest BCUT2D eigenvalue weighted by Gasteiger charge is 2.28. The van der Waals surface area contributed by atoms with E-state index in [-0.39, 0.29) is 17.3 Å². The first-order valence-electron chi connectivity index (χ1n) is 6.87. The van der Waals surface area contributed by atoms with E-state index in [1.165, 1.54) is 11.1 Å². The number of benzene rings is 1. The summed E-state index contributed by atoms with van der Waals surface area (Å²) < 4.78 is 5.12. The summed E-state index contributed by atoms with van der Waals surface area (Å²) in [5, 5.41) is 0. The summed E-state index contributed by atoms with van der Waals surface area (Å²) in [6.07, 6.45) is 1.96. The molecule has 0 aromatic heterocycles. The van der Waals surface area contributed by atoms with Gasteiger partial charge in [0.05, 0.1) is 6.61 Å². The third-order valence-corrected chi connectivity index (χ3v) is 3.71. The summed E-state index contributed by atoms with van der Waals surface area (Å²) in [5.41, 5.74) is 4.57. The number of rotatable bonds is 2. The molecule has 0 amide bonds. The molecule has 1 aromatic carbocycles. The monoisotopic (exact) mass is 258 g/mol. The second-order valence-corrected chi connectivity index (χ2v) is 6.14. The first-order valence-corrected chi connectivity index (χ1v) is 6.87. The molecule has 0 saturated heterocycles. The Bertz CT molecular complexity index is 533. The van der Waals surface area contributed by atoms with Crippen molar-refractivity contribution < 1.29 is 9.53 Å². The second-order valence-electron chi connectivity index (χ2n) is 6.14. The smallest absolute Gasteiger partial charge is 0.334 e. The van der Waals surface area contributed by atoms with Crippen molar-refractivity contribution in [3.05, 3.63) is 40.5 Å². The summed E-state index contributed by atoms with van der Waals surface area (Å²) >= 11 is 0. The van der Waals surface area contributed by atoms with E-state index in [2.05, 4.69) is 45.9 Å². The van der Waals surface area contributed by atoms with Crippen LogP contribution in [0.25, 0.3) is 6.08 Å². The second kappa shape index (κ2) is 4.84. The number of ether oxygens (including phenoxy) is 1. The fraction of sp³-hybridized carbons (Fsp3) is 0.471. The normalized spacial score (nSPS) is 17.9. The van der Waals surface area contributed by atoms with Crippen LogP contribution in [0.15, 0.2) is 23.8 Å². The van der Waals surface area contributed by atoms with Gasteiger partial charge in [0.25, 0.3) is 0 Å². The van der Waals surface area contributed by atoms with Crippen LogP contribution in [0.4, 0.5) is 0 Å². The standard InChI is InChI=1S/C17H22O2/c1-6-19-16(18)15-9-12-7-8-13(17(3,4)5)10-14(12)11(15)2/h7-11H,6H2,1-5H3. The van der Waals surface area contributed by atoms with Crippen molar-refractivity contribution in [1.82, 2.24) is 0 Å². The van der Waals surface area contributed by atoms with Gasteiger partial charge in [-0.25, -0.2) is 4.79 Å². The summed E-state index contributed by atoms with van der Waals surface area (Å²) in [4.78, 5) is 11.9. The Morgan fingerprint density at radius 1 is 1.32 bits per heavy atom. The average Bonchev–Trinajstić information content (AvgIpc) is 2.66. The highest BCUT2D eigenvalue weighted by atomic mass is 16.5. The average molecular weight is 258 g/mol. The van der Waals surface area contributed by atoms with Gasteiger partial charge >= 0.3 is 5.97 Å². The molecule has 19 heavy (non-hydrogen) atoms. The van der Waals surface area contributed by atoms with Gasteiger partial charge in [-0.05, 0) is 35.1 Å². The zero-order valence-corrected chi connectivity index (χ0v) is 12.4. The largest absolute Gasteiger partial charge is 0.463 e. The molecule has 0 fully saturated rings. The quantitative estimate of drug-likeness (QED) is 0.748. The molecule has 2 nitrogen and oxygen atoms in total. The van der Waals surface area contributed by atoms with Crippen LogP contribution in [0.5, 0.6) is 0 Å². The number of fused-ring (bicyclic) bond motifs is 1. The van der Waals surface area contributed by atoms with Gasteiger partial charge < -0.3 is 4.74 Å². The molecule has 1 aromatic rings. The van der Waals surface area contributed by atoms with E-state index in [9.17, 15) is 4.79 Å². The SMILES string of the molecule is CCOC(=O)C1=Cc2ccc(C(C)(C)C)cc2C1C. The third-order valence-electron chi connectivity index (χ3n) is 3.71. The Labute approximate surface area is 115 Å². The Kier molecular flexibility index (Phi) is 3.53. The summed E-state index contributed by atoms with van der Waals surface area (Å²) in [6, 6.07) is 6.48. The van der Waals surface area contributed by atoms with Crippen molar-refractivity contribution in [3.8, 4) is 0 Å². The minimum absolute atomic E-state index is 0.122. The van der Waals surface area contributed by atoms with Crippen LogP contribution in [0.3, 0.4) is 0 Å². The molecule has 0 aliphatic heterocycles. The maximum atomic E-state index is 11.9. The van der Waals surface area contributed by atoms with E-state index in [1.807, 2.05) is 13.0 Å². The molecule has 0 spiro atoms. The van der Waals surface area contributed by atoms with Crippen molar-refractivity contribution in [2.45, 2.75) is 46.0 Å². The van der Waals surface area contributed by atoms with Gasteiger partial charge in [-0.3, -0.25) is 0 Å². The summed E-state index contributed by atoms with van der Waals surface area (Å²) in [5.74, 6) is -0.0696. The molecule has 102 valence electrons. The first-order chi connectivity index (χ1) is 8.84. The first kappa shape index (κ1) is 13.9. The van der Waals surface area contributed by atoms with Crippen LogP contribution < -0.4 is 0 Å². The van der Waals surface area contributed by atoms with E-state index in [0.29, 0.717) is 6.61 Å². The van der Waals surface area contributed by atoms with Crippen LogP contribution in [0, 0.1) is 0 Å². The third kappa shape index (κ3) is 2.58. The van der Waals surface area contributed by atoms with E-state index < -0.39 is 0 Å². The van der Waals surface area contributed by atoms with Crippen molar-refractivity contribution in [3.63, 3.8) is 0 Å². The minimum atomic E-state index is -0.191. The Morgan fingerprint density at radius 3 is 2.58 bits per heavy atom. The lowest BCUT2D eigenvalue weighted by molar-refractivity contribution is -0.138. The molecule has 0 heterocycles. The molecular formula is C17H22O2. The molecular weight excluding hydrogens is 236 g/mol. The van der Waals surface area contributed by atoms with Gasteiger partial charge in [-0.15, -0.1) is 0 Å². The Hall–Kier alpha value is -1.57. The van der Waals surface area contributed by atoms with Crippen LogP contribution in [-0.4, -0.2) is 12.6 Å². The number of hydrogen-bond donors (Lipinski definition) is 0. The van der Waals surface area contributed by atoms with Crippen molar-refractivity contribution in [1.29, 1.82) is 0 Å². The number of esters is 1. The maximum absolute atomic E-state index is 11.9. The van der Waals surface area contributed by atoms with Crippen LogP contribution in [0.2, 0.25) is 0 Å². The minimum Gasteiger partial charge on any atom is -0.463 e. The molecule has 1 atom stereocenters. The lowest BCUT2D eigenvalue weighted by Crippen LogP contribution is -2.13. The molecule has 1 unspecified atom stereocenters. The lowest BCUT2D eigenvalue weighted by atomic mass is 9.84. The van der Waals surface area contributed by atoms with E-state index >= 15 is 0 Å². The Morgan fingerprint density at radius 2 is 2.00 bits per heavy atom. The highest BCUT2D eigenvalue weighted by molar-refractivity contribution is 5.98. The van der Waals surface area contributed by atoms with E-state index in [1.54, 1.807) is 0 Å². The zero-order chi connectivity index (χ0) is 14.2. The van der Waals surface area contributed by atoms with Gasteiger partial charge in [0.2, 0.25) is 0 Å².